The van der Waals surface area contributed by atoms with E-state index in [9.17, 15) is 14.7 Å². The zero-order valence-electron chi connectivity index (χ0n) is 10.4. The van der Waals surface area contributed by atoms with E-state index >= 15 is 0 Å². The van der Waals surface area contributed by atoms with Gasteiger partial charge in [-0.25, -0.2) is 4.79 Å². The highest BCUT2D eigenvalue weighted by atomic mass is 32.1. The summed E-state index contributed by atoms with van der Waals surface area (Å²) in [7, 11) is 0. The van der Waals surface area contributed by atoms with Gasteiger partial charge in [0, 0.05) is 6.54 Å². The monoisotopic (exact) mass is 267 g/mol. The third-order valence-corrected chi connectivity index (χ3v) is 4.44. The van der Waals surface area contributed by atoms with E-state index in [0.717, 1.165) is 12.0 Å². The van der Waals surface area contributed by atoms with Crippen LogP contribution >= 0.6 is 11.3 Å². The summed E-state index contributed by atoms with van der Waals surface area (Å²) in [6.45, 7) is 2.40. The fourth-order valence-electron chi connectivity index (χ4n) is 2.65. The summed E-state index contributed by atoms with van der Waals surface area (Å²) in [4.78, 5) is 25.3. The Hall–Kier alpha value is -1.36. The molecule has 0 aliphatic carbocycles. The molecular formula is C13H17NO3S. The highest BCUT2D eigenvalue weighted by Gasteiger charge is 2.48. The molecule has 2 rings (SSSR count). The highest BCUT2D eigenvalue weighted by molar-refractivity contribution is 7.07. The van der Waals surface area contributed by atoms with E-state index in [1.165, 1.54) is 0 Å². The number of nitrogens with zero attached hydrogens (tertiary/aromatic N) is 1. The average Bonchev–Trinajstić information content (AvgIpc) is 2.96. The van der Waals surface area contributed by atoms with Crippen LogP contribution in [0.2, 0.25) is 0 Å². The lowest BCUT2D eigenvalue weighted by Gasteiger charge is -2.33. The summed E-state index contributed by atoms with van der Waals surface area (Å²) in [5, 5.41) is 13.3. The van der Waals surface area contributed by atoms with Crippen LogP contribution in [0.5, 0.6) is 0 Å². The topological polar surface area (TPSA) is 57.6 Å². The first-order valence-electron chi connectivity index (χ1n) is 6.15. The quantitative estimate of drug-likeness (QED) is 0.909. The van der Waals surface area contributed by atoms with Gasteiger partial charge >= 0.3 is 5.97 Å². The number of hydrogen-bond donors (Lipinski definition) is 1. The second-order valence-electron chi connectivity index (χ2n) is 4.65. The van der Waals surface area contributed by atoms with Crippen molar-refractivity contribution in [1.29, 1.82) is 0 Å². The van der Waals surface area contributed by atoms with Crippen molar-refractivity contribution < 1.29 is 14.7 Å². The van der Waals surface area contributed by atoms with Crippen LogP contribution in [0.4, 0.5) is 0 Å². The Kier molecular flexibility index (Phi) is 3.71. The van der Waals surface area contributed by atoms with E-state index in [1.807, 2.05) is 23.8 Å². The average molecular weight is 267 g/mol. The van der Waals surface area contributed by atoms with Gasteiger partial charge in [0.15, 0.2) is 0 Å². The number of carboxylic acid groups (broad SMARTS) is 1. The van der Waals surface area contributed by atoms with Gasteiger partial charge < -0.3 is 10.0 Å². The molecule has 1 aliphatic rings. The molecule has 2 heterocycles. The summed E-state index contributed by atoms with van der Waals surface area (Å²) in [5.41, 5.74) is -0.0140. The minimum atomic E-state index is -0.979. The molecular weight excluding hydrogens is 250 g/mol. The molecule has 5 heteroatoms. The second kappa shape index (κ2) is 5.10. The largest absolute Gasteiger partial charge is 0.479 e. The lowest BCUT2D eigenvalue weighted by atomic mass is 9.92. The normalized spacial score (nSPS) is 23.3. The van der Waals surface area contributed by atoms with Crippen LogP contribution in [0.3, 0.4) is 0 Å². The molecule has 1 N–H and O–H groups in total. The van der Waals surface area contributed by atoms with Gasteiger partial charge in [0.25, 0.3) is 0 Å². The van der Waals surface area contributed by atoms with Crippen LogP contribution in [-0.2, 0) is 16.0 Å². The van der Waals surface area contributed by atoms with Crippen molar-refractivity contribution in [2.45, 2.75) is 38.1 Å². The smallest absolute Gasteiger partial charge is 0.329 e. The number of amides is 1. The molecule has 98 valence electrons. The predicted molar refractivity (Wildman–Crippen MR) is 69.6 cm³/mol. The van der Waals surface area contributed by atoms with Gasteiger partial charge in [0.1, 0.15) is 5.54 Å². The summed E-state index contributed by atoms with van der Waals surface area (Å²) in [6.07, 6.45) is 2.11. The van der Waals surface area contributed by atoms with Crippen molar-refractivity contribution in [2.24, 2.45) is 0 Å². The second-order valence-corrected chi connectivity index (χ2v) is 5.43. The molecule has 1 saturated heterocycles. The van der Waals surface area contributed by atoms with Crippen LogP contribution in [0, 0.1) is 0 Å². The van der Waals surface area contributed by atoms with E-state index in [1.54, 1.807) is 16.2 Å². The maximum atomic E-state index is 12.3. The summed E-state index contributed by atoms with van der Waals surface area (Å²) in [5.74, 6) is -0.948. The summed E-state index contributed by atoms with van der Waals surface area (Å²) < 4.78 is 0. The van der Waals surface area contributed by atoms with Crippen LogP contribution < -0.4 is 0 Å². The third kappa shape index (κ3) is 2.14. The van der Waals surface area contributed by atoms with E-state index < -0.39 is 11.5 Å². The Morgan fingerprint density at radius 3 is 2.89 bits per heavy atom. The molecule has 4 nitrogen and oxygen atoms in total. The minimum absolute atomic E-state index is 0.0739. The van der Waals surface area contributed by atoms with Crippen LogP contribution in [0.1, 0.15) is 31.7 Å². The number of rotatable bonds is 4. The molecule has 1 aromatic rings. The Bertz CT molecular complexity index is 443. The van der Waals surface area contributed by atoms with Gasteiger partial charge in [-0.1, -0.05) is 6.92 Å². The van der Waals surface area contributed by atoms with E-state index in [-0.39, 0.29) is 5.91 Å². The van der Waals surface area contributed by atoms with Crippen molar-refractivity contribution in [1.82, 2.24) is 4.90 Å². The molecule has 1 unspecified atom stereocenters. The number of thiophene rings is 1. The zero-order valence-corrected chi connectivity index (χ0v) is 11.2. The van der Waals surface area contributed by atoms with Crippen molar-refractivity contribution in [2.75, 3.05) is 6.54 Å². The predicted octanol–water partition coefficient (Wildman–Crippen LogP) is 2.15. The first-order chi connectivity index (χ1) is 8.60. The van der Waals surface area contributed by atoms with Crippen molar-refractivity contribution >= 4 is 23.2 Å². The fraction of sp³-hybridized carbons (Fsp3) is 0.538. The minimum Gasteiger partial charge on any atom is -0.479 e. The first kappa shape index (κ1) is 13.1. The Morgan fingerprint density at radius 1 is 1.56 bits per heavy atom. The molecule has 1 amide bonds. The van der Waals surface area contributed by atoms with E-state index in [4.69, 9.17) is 0 Å². The lowest BCUT2D eigenvalue weighted by molar-refractivity contribution is -0.156. The Labute approximate surface area is 110 Å². The van der Waals surface area contributed by atoms with Gasteiger partial charge in [0.05, 0.1) is 6.42 Å². The van der Waals surface area contributed by atoms with Gasteiger partial charge in [-0.15, -0.1) is 0 Å². The van der Waals surface area contributed by atoms with Crippen LogP contribution in [0.15, 0.2) is 16.8 Å². The molecule has 1 aliphatic heterocycles. The number of likely N-dealkylation sites (tertiary alicyclic amines) is 1. The van der Waals surface area contributed by atoms with Crippen molar-refractivity contribution in [3.05, 3.63) is 22.4 Å². The maximum Gasteiger partial charge on any atom is 0.329 e. The number of carboxylic acids is 1. The van der Waals surface area contributed by atoms with Crippen LogP contribution in [-0.4, -0.2) is 34.0 Å². The fourth-order valence-corrected chi connectivity index (χ4v) is 3.32. The SMILES string of the molecule is CCC1(C(=O)O)CCCN1C(=O)Cc1ccsc1. The van der Waals surface area contributed by atoms with Gasteiger partial charge in [-0.05, 0) is 41.7 Å². The summed E-state index contributed by atoms with van der Waals surface area (Å²) in [6, 6.07) is 1.91. The Balaban J connectivity index is 2.16. The lowest BCUT2D eigenvalue weighted by Crippen LogP contribution is -2.53. The molecule has 0 bridgehead atoms. The van der Waals surface area contributed by atoms with Gasteiger partial charge in [-0.2, -0.15) is 11.3 Å². The van der Waals surface area contributed by atoms with Gasteiger partial charge in [-0.3, -0.25) is 4.79 Å². The molecule has 18 heavy (non-hydrogen) atoms. The van der Waals surface area contributed by atoms with Gasteiger partial charge in [0.2, 0.25) is 5.91 Å². The Morgan fingerprint density at radius 2 is 2.33 bits per heavy atom. The third-order valence-electron chi connectivity index (χ3n) is 3.71. The molecule has 0 spiro atoms. The molecule has 0 radical (unpaired) electrons. The molecule has 0 aromatic carbocycles. The molecule has 1 aromatic heterocycles. The number of hydrogen-bond acceptors (Lipinski definition) is 3. The number of carbonyl (C=O) groups excluding carboxylic acids is 1. The summed E-state index contributed by atoms with van der Waals surface area (Å²) >= 11 is 1.55. The molecule has 0 saturated carbocycles. The highest BCUT2D eigenvalue weighted by Crippen LogP contribution is 2.33. The van der Waals surface area contributed by atoms with E-state index in [0.29, 0.717) is 25.8 Å². The molecule has 1 fully saturated rings. The van der Waals surface area contributed by atoms with Crippen molar-refractivity contribution in [3.8, 4) is 0 Å². The zero-order chi connectivity index (χ0) is 13.2. The van der Waals surface area contributed by atoms with E-state index in [2.05, 4.69) is 0 Å². The van der Waals surface area contributed by atoms with Crippen molar-refractivity contribution in [3.63, 3.8) is 0 Å². The van der Waals surface area contributed by atoms with Crippen LogP contribution in [0.25, 0.3) is 0 Å². The number of aliphatic carboxylic acids is 1. The number of carbonyl (C=O) groups is 2. The maximum absolute atomic E-state index is 12.3. The molecule has 1 atom stereocenters. The first-order valence-corrected chi connectivity index (χ1v) is 7.09. The standard InChI is InChI=1S/C13H17NO3S/c1-2-13(12(16)17)5-3-6-14(13)11(15)8-10-4-7-18-9-10/h4,7,9H,2-3,5-6,8H2,1H3,(H,16,17).